The summed E-state index contributed by atoms with van der Waals surface area (Å²) in [5.41, 5.74) is 3.56. The van der Waals surface area contributed by atoms with Gasteiger partial charge in [-0.2, -0.15) is 5.10 Å². The average molecular weight is 349 g/mol. The predicted molar refractivity (Wildman–Crippen MR) is 94.4 cm³/mol. The molecule has 0 atom stereocenters. The summed E-state index contributed by atoms with van der Waals surface area (Å²) in [4.78, 5) is 11.9. The molecule has 0 spiro atoms. The zero-order valence-corrected chi connectivity index (χ0v) is 13.8. The van der Waals surface area contributed by atoms with Crippen LogP contribution in [-0.4, -0.2) is 19.2 Å². The molecule has 0 aliphatic rings. The maximum atomic E-state index is 11.9. The van der Waals surface area contributed by atoms with Crippen molar-refractivity contribution in [2.24, 2.45) is 5.10 Å². The van der Waals surface area contributed by atoms with Crippen LogP contribution in [0.4, 0.5) is 0 Å². The normalized spacial score (nSPS) is 11.1. The zero-order chi connectivity index (χ0) is 16.7. The minimum absolute atomic E-state index is 0.269. The van der Waals surface area contributed by atoms with Gasteiger partial charge >= 0.3 is 0 Å². The standard InChI is InChI=1S/C17H14Cl2N2O2/c1-23-16-7-3-2-5-12(16)6-4-10-20-21-17(22)14-11-13(18)8-9-15(14)19/h2-11H,1H3,(H,21,22)/b6-4+,20-10-. The summed E-state index contributed by atoms with van der Waals surface area (Å²) in [5.74, 6) is 0.325. The van der Waals surface area contributed by atoms with Crippen molar-refractivity contribution in [2.45, 2.75) is 0 Å². The summed E-state index contributed by atoms with van der Waals surface area (Å²) < 4.78 is 5.23. The molecule has 0 unspecified atom stereocenters. The largest absolute Gasteiger partial charge is 0.496 e. The Hall–Kier alpha value is -2.30. The van der Waals surface area contributed by atoms with Crippen LogP contribution < -0.4 is 10.2 Å². The summed E-state index contributed by atoms with van der Waals surface area (Å²) in [5, 5.41) is 4.58. The van der Waals surface area contributed by atoms with E-state index in [-0.39, 0.29) is 5.56 Å². The van der Waals surface area contributed by atoms with E-state index in [2.05, 4.69) is 10.5 Å². The van der Waals surface area contributed by atoms with Crippen molar-refractivity contribution in [1.29, 1.82) is 0 Å². The van der Waals surface area contributed by atoms with Crippen molar-refractivity contribution >= 4 is 41.4 Å². The molecule has 4 nitrogen and oxygen atoms in total. The van der Waals surface area contributed by atoms with Gasteiger partial charge in [0.1, 0.15) is 5.75 Å². The van der Waals surface area contributed by atoms with Crippen LogP contribution in [0.3, 0.4) is 0 Å². The van der Waals surface area contributed by atoms with Gasteiger partial charge in [-0.25, -0.2) is 5.43 Å². The third-order valence-corrected chi connectivity index (χ3v) is 3.48. The number of ether oxygens (including phenoxy) is 1. The van der Waals surface area contributed by atoms with E-state index in [1.165, 1.54) is 12.3 Å². The van der Waals surface area contributed by atoms with Crippen molar-refractivity contribution < 1.29 is 9.53 Å². The first-order valence-corrected chi connectivity index (χ1v) is 7.45. The van der Waals surface area contributed by atoms with Gasteiger partial charge in [-0.15, -0.1) is 0 Å². The van der Waals surface area contributed by atoms with E-state index in [9.17, 15) is 4.79 Å². The lowest BCUT2D eigenvalue weighted by Gasteiger charge is -2.03. The van der Waals surface area contributed by atoms with Gasteiger partial charge in [0.25, 0.3) is 5.91 Å². The van der Waals surface area contributed by atoms with Gasteiger partial charge in [0.2, 0.25) is 0 Å². The second kappa shape index (κ2) is 8.36. The molecule has 118 valence electrons. The van der Waals surface area contributed by atoms with Crippen molar-refractivity contribution in [2.75, 3.05) is 7.11 Å². The molecule has 0 heterocycles. The van der Waals surface area contributed by atoms with Crippen LogP contribution in [0.1, 0.15) is 15.9 Å². The van der Waals surface area contributed by atoms with Gasteiger partial charge in [0, 0.05) is 16.8 Å². The molecule has 0 bridgehead atoms. The van der Waals surface area contributed by atoms with Gasteiger partial charge in [-0.3, -0.25) is 4.79 Å². The van der Waals surface area contributed by atoms with E-state index in [1.54, 1.807) is 25.3 Å². The molecule has 23 heavy (non-hydrogen) atoms. The Balaban J connectivity index is 1.98. The number of nitrogens with one attached hydrogen (secondary N) is 1. The zero-order valence-electron chi connectivity index (χ0n) is 12.3. The number of amides is 1. The van der Waals surface area contributed by atoms with Crippen LogP contribution in [0.2, 0.25) is 10.0 Å². The number of rotatable bonds is 5. The van der Waals surface area contributed by atoms with Gasteiger partial charge in [-0.1, -0.05) is 41.4 Å². The molecular formula is C17H14Cl2N2O2. The molecule has 0 aromatic heterocycles. The number of nitrogens with zero attached hydrogens (tertiary/aromatic N) is 1. The van der Waals surface area contributed by atoms with E-state index in [1.807, 2.05) is 30.3 Å². The summed E-state index contributed by atoms with van der Waals surface area (Å²) in [6.45, 7) is 0. The van der Waals surface area contributed by atoms with Crippen molar-refractivity contribution in [3.8, 4) is 5.75 Å². The fourth-order valence-corrected chi connectivity index (χ4v) is 2.20. The lowest BCUT2D eigenvalue weighted by atomic mass is 10.2. The highest BCUT2D eigenvalue weighted by atomic mass is 35.5. The lowest BCUT2D eigenvalue weighted by molar-refractivity contribution is 0.0955. The number of hydrogen-bond acceptors (Lipinski definition) is 3. The highest BCUT2D eigenvalue weighted by molar-refractivity contribution is 6.35. The molecule has 0 fully saturated rings. The molecule has 1 amide bonds. The Morgan fingerprint density at radius 2 is 2.00 bits per heavy atom. The molecular weight excluding hydrogens is 335 g/mol. The summed E-state index contributed by atoms with van der Waals surface area (Å²) in [6.07, 6.45) is 4.97. The predicted octanol–water partition coefficient (Wildman–Crippen LogP) is 4.43. The molecule has 2 aromatic carbocycles. The number of para-hydroxylation sites is 1. The summed E-state index contributed by atoms with van der Waals surface area (Å²) in [7, 11) is 1.61. The number of hydrazone groups is 1. The third-order valence-electron chi connectivity index (χ3n) is 2.91. The van der Waals surface area contributed by atoms with Crippen LogP contribution in [0.15, 0.2) is 53.6 Å². The highest BCUT2D eigenvalue weighted by Crippen LogP contribution is 2.20. The molecule has 0 saturated heterocycles. The van der Waals surface area contributed by atoms with Crippen LogP contribution >= 0.6 is 23.2 Å². The first-order valence-electron chi connectivity index (χ1n) is 6.70. The third kappa shape index (κ3) is 4.84. The first-order chi connectivity index (χ1) is 11.1. The molecule has 0 radical (unpaired) electrons. The van der Waals surface area contributed by atoms with Gasteiger partial charge < -0.3 is 4.74 Å². The number of halogens is 2. The highest BCUT2D eigenvalue weighted by Gasteiger charge is 2.09. The fraction of sp³-hybridized carbons (Fsp3) is 0.0588. The number of methoxy groups -OCH3 is 1. The molecule has 2 rings (SSSR count). The van der Waals surface area contributed by atoms with Crippen LogP contribution in [0.25, 0.3) is 6.08 Å². The quantitative estimate of drug-likeness (QED) is 0.641. The first kappa shape index (κ1) is 17.1. The number of allylic oxidation sites excluding steroid dienone is 1. The van der Waals surface area contributed by atoms with E-state index in [0.717, 1.165) is 11.3 Å². The maximum absolute atomic E-state index is 11.9. The maximum Gasteiger partial charge on any atom is 0.272 e. The number of benzene rings is 2. The minimum atomic E-state index is -0.431. The van der Waals surface area contributed by atoms with Crippen LogP contribution in [0, 0.1) is 0 Å². The topological polar surface area (TPSA) is 50.7 Å². The van der Waals surface area contributed by atoms with Crippen LogP contribution in [0.5, 0.6) is 5.75 Å². The second-order valence-corrected chi connectivity index (χ2v) is 5.29. The number of hydrogen-bond donors (Lipinski definition) is 1. The molecule has 1 N–H and O–H groups in total. The lowest BCUT2D eigenvalue weighted by Crippen LogP contribution is -2.17. The average Bonchev–Trinajstić information content (AvgIpc) is 2.57. The van der Waals surface area contributed by atoms with Gasteiger partial charge in [0.15, 0.2) is 0 Å². The van der Waals surface area contributed by atoms with Crippen molar-refractivity contribution in [3.05, 3.63) is 69.7 Å². The molecule has 6 heteroatoms. The monoisotopic (exact) mass is 348 g/mol. The second-order valence-electron chi connectivity index (χ2n) is 4.44. The summed E-state index contributed by atoms with van der Waals surface area (Å²) in [6, 6.07) is 12.2. The molecule has 0 aliphatic heterocycles. The molecule has 2 aromatic rings. The van der Waals surface area contributed by atoms with Crippen molar-refractivity contribution in [3.63, 3.8) is 0 Å². The number of carbonyl (C=O) groups is 1. The number of carbonyl (C=O) groups excluding carboxylic acids is 1. The van der Waals surface area contributed by atoms with Crippen LogP contribution in [-0.2, 0) is 0 Å². The van der Waals surface area contributed by atoms with Gasteiger partial charge in [0.05, 0.1) is 17.7 Å². The SMILES string of the molecule is COc1ccccc1/C=C/C=N\NC(=O)c1cc(Cl)ccc1Cl. The Morgan fingerprint density at radius 1 is 1.22 bits per heavy atom. The molecule has 0 saturated carbocycles. The fourth-order valence-electron chi connectivity index (χ4n) is 1.82. The van der Waals surface area contributed by atoms with E-state index >= 15 is 0 Å². The summed E-state index contributed by atoms with van der Waals surface area (Å²) >= 11 is 11.8. The Kier molecular flexibility index (Phi) is 6.20. The smallest absolute Gasteiger partial charge is 0.272 e. The van der Waals surface area contributed by atoms with E-state index < -0.39 is 5.91 Å². The molecule has 0 aliphatic carbocycles. The Morgan fingerprint density at radius 3 is 2.78 bits per heavy atom. The Labute approximate surface area is 144 Å². The minimum Gasteiger partial charge on any atom is -0.496 e. The van der Waals surface area contributed by atoms with Crippen molar-refractivity contribution in [1.82, 2.24) is 5.43 Å². The Bertz CT molecular complexity index is 758. The van der Waals surface area contributed by atoms with E-state index in [0.29, 0.717) is 10.0 Å². The van der Waals surface area contributed by atoms with E-state index in [4.69, 9.17) is 27.9 Å². The van der Waals surface area contributed by atoms with Gasteiger partial charge in [-0.05, 0) is 36.4 Å².